The van der Waals surface area contributed by atoms with Crippen LogP contribution >= 0.6 is 0 Å². The molecule has 0 radical (unpaired) electrons. The molecule has 1 heterocycles. The molecule has 3 nitrogen and oxygen atoms in total. The summed E-state index contributed by atoms with van der Waals surface area (Å²) in [6, 6.07) is 2.09. The number of nitrogens with zero attached hydrogens (tertiary/aromatic N) is 1. The third kappa shape index (κ3) is 4.46. The van der Waals surface area contributed by atoms with Crippen molar-refractivity contribution in [3.05, 3.63) is 23.7 Å². The molecule has 0 aliphatic heterocycles. The third-order valence-corrected chi connectivity index (χ3v) is 3.39. The second-order valence-corrected chi connectivity index (χ2v) is 6.03. The van der Waals surface area contributed by atoms with E-state index in [9.17, 15) is 0 Å². The van der Waals surface area contributed by atoms with Crippen molar-refractivity contribution in [1.82, 2.24) is 10.2 Å². The van der Waals surface area contributed by atoms with E-state index in [0.717, 1.165) is 31.3 Å². The first-order valence-electron chi connectivity index (χ1n) is 7.09. The van der Waals surface area contributed by atoms with Gasteiger partial charge in [-0.1, -0.05) is 13.8 Å². The summed E-state index contributed by atoms with van der Waals surface area (Å²) in [5.74, 6) is 2.75. The molecule has 1 N–H and O–H groups in total. The minimum absolute atomic E-state index is 0.692. The van der Waals surface area contributed by atoms with Crippen molar-refractivity contribution in [1.29, 1.82) is 0 Å². The highest BCUT2D eigenvalue weighted by Crippen LogP contribution is 2.29. The van der Waals surface area contributed by atoms with E-state index >= 15 is 0 Å². The summed E-state index contributed by atoms with van der Waals surface area (Å²) in [4.78, 5) is 2.38. The summed E-state index contributed by atoms with van der Waals surface area (Å²) in [5, 5.41) is 3.48. The molecule has 1 aromatic rings. The van der Waals surface area contributed by atoms with Gasteiger partial charge in [0.15, 0.2) is 0 Å². The molecule has 0 spiro atoms. The molecule has 0 bridgehead atoms. The Morgan fingerprint density at radius 1 is 1.44 bits per heavy atom. The molecule has 0 amide bonds. The van der Waals surface area contributed by atoms with Gasteiger partial charge in [-0.3, -0.25) is 4.90 Å². The molecule has 1 aliphatic carbocycles. The second-order valence-electron chi connectivity index (χ2n) is 6.03. The Balaban J connectivity index is 1.78. The Labute approximate surface area is 111 Å². The lowest BCUT2D eigenvalue weighted by Gasteiger charge is -2.15. The fourth-order valence-electron chi connectivity index (χ4n) is 2.21. The van der Waals surface area contributed by atoms with Crippen LogP contribution < -0.4 is 5.32 Å². The smallest absolute Gasteiger partial charge is 0.122 e. The predicted molar refractivity (Wildman–Crippen MR) is 74.3 cm³/mol. The summed E-state index contributed by atoms with van der Waals surface area (Å²) in [5.41, 5.74) is 1.30. The average molecular weight is 250 g/mol. The highest BCUT2D eigenvalue weighted by molar-refractivity contribution is 5.16. The highest BCUT2D eigenvalue weighted by Gasteiger charge is 2.23. The molecule has 0 saturated heterocycles. The summed E-state index contributed by atoms with van der Waals surface area (Å²) in [6.45, 7) is 8.57. The lowest BCUT2D eigenvalue weighted by Crippen LogP contribution is -2.22. The van der Waals surface area contributed by atoms with Gasteiger partial charge in [-0.15, -0.1) is 0 Å². The van der Waals surface area contributed by atoms with Crippen molar-refractivity contribution in [2.75, 3.05) is 20.1 Å². The van der Waals surface area contributed by atoms with E-state index < -0.39 is 0 Å². The first-order valence-corrected chi connectivity index (χ1v) is 7.09. The predicted octanol–water partition coefficient (Wildman–Crippen LogP) is 2.87. The summed E-state index contributed by atoms with van der Waals surface area (Å²) < 4.78 is 5.61. The molecule has 2 rings (SSSR count). The van der Waals surface area contributed by atoms with Crippen LogP contribution in [0, 0.1) is 11.8 Å². The van der Waals surface area contributed by atoms with Crippen molar-refractivity contribution in [3.8, 4) is 0 Å². The molecule has 1 aliphatic rings. The van der Waals surface area contributed by atoms with Crippen molar-refractivity contribution in [3.63, 3.8) is 0 Å². The molecule has 1 saturated carbocycles. The van der Waals surface area contributed by atoms with Gasteiger partial charge in [0.1, 0.15) is 5.76 Å². The van der Waals surface area contributed by atoms with Gasteiger partial charge in [-0.25, -0.2) is 0 Å². The topological polar surface area (TPSA) is 28.4 Å². The third-order valence-electron chi connectivity index (χ3n) is 3.39. The zero-order valence-corrected chi connectivity index (χ0v) is 11.9. The van der Waals surface area contributed by atoms with Gasteiger partial charge in [0, 0.05) is 18.7 Å². The molecule has 3 heteroatoms. The zero-order valence-electron chi connectivity index (χ0n) is 11.9. The van der Waals surface area contributed by atoms with E-state index in [1.807, 2.05) is 6.26 Å². The molecule has 102 valence electrons. The number of rotatable bonds is 8. The maximum atomic E-state index is 5.61. The van der Waals surface area contributed by atoms with Crippen LogP contribution in [0.15, 0.2) is 16.7 Å². The standard InChI is InChI=1S/C15H26N2O/c1-12(2)8-16-9-14-6-7-18-15(14)11-17(3)10-13-4-5-13/h6-7,12-13,16H,4-5,8-11H2,1-3H3. The van der Waals surface area contributed by atoms with Gasteiger partial charge >= 0.3 is 0 Å². The molecule has 1 aromatic heterocycles. The van der Waals surface area contributed by atoms with Crippen LogP contribution in [-0.4, -0.2) is 25.0 Å². The first-order chi connectivity index (χ1) is 8.65. The summed E-state index contributed by atoms with van der Waals surface area (Å²) in [7, 11) is 2.19. The first kappa shape index (κ1) is 13.6. The van der Waals surface area contributed by atoms with Crippen molar-refractivity contribution in [2.45, 2.75) is 39.8 Å². The zero-order chi connectivity index (χ0) is 13.0. The SMILES string of the molecule is CC(C)CNCc1ccoc1CN(C)CC1CC1. The Morgan fingerprint density at radius 2 is 2.22 bits per heavy atom. The second kappa shape index (κ2) is 6.39. The molecule has 0 unspecified atom stereocenters. The monoisotopic (exact) mass is 250 g/mol. The summed E-state index contributed by atoms with van der Waals surface area (Å²) >= 11 is 0. The maximum absolute atomic E-state index is 5.61. The van der Waals surface area contributed by atoms with Crippen LogP contribution in [0.3, 0.4) is 0 Å². The van der Waals surface area contributed by atoms with E-state index in [2.05, 4.69) is 37.2 Å². The number of nitrogens with one attached hydrogen (secondary N) is 1. The van der Waals surface area contributed by atoms with Crippen molar-refractivity contribution >= 4 is 0 Å². The molecule has 18 heavy (non-hydrogen) atoms. The average Bonchev–Trinajstić information content (AvgIpc) is 2.99. The van der Waals surface area contributed by atoms with Crippen LogP contribution in [0.4, 0.5) is 0 Å². The van der Waals surface area contributed by atoms with Crippen LogP contribution in [0.5, 0.6) is 0 Å². The molecule has 0 aromatic carbocycles. The fraction of sp³-hybridized carbons (Fsp3) is 0.733. The number of hydrogen-bond donors (Lipinski definition) is 1. The van der Waals surface area contributed by atoms with Gasteiger partial charge in [-0.2, -0.15) is 0 Å². The lowest BCUT2D eigenvalue weighted by molar-refractivity contribution is 0.282. The maximum Gasteiger partial charge on any atom is 0.122 e. The van der Waals surface area contributed by atoms with E-state index in [-0.39, 0.29) is 0 Å². The van der Waals surface area contributed by atoms with E-state index in [1.165, 1.54) is 24.9 Å². The number of furan rings is 1. The van der Waals surface area contributed by atoms with Crippen LogP contribution in [0.2, 0.25) is 0 Å². The Morgan fingerprint density at radius 3 is 2.89 bits per heavy atom. The van der Waals surface area contributed by atoms with Crippen LogP contribution in [0.25, 0.3) is 0 Å². The largest absolute Gasteiger partial charge is 0.468 e. The van der Waals surface area contributed by atoms with Gasteiger partial charge in [-0.05, 0) is 44.3 Å². The Bertz CT molecular complexity index is 355. The molecule has 1 fully saturated rings. The molecular weight excluding hydrogens is 224 g/mol. The highest BCUT2D eigenvalue weighted by atomic mass is 16.3. The lowest BCUT2D eigenvalue weighted by atomic mass is 10.2. The molecule has 0 atom stereocenters. The van der Waals surface area contributed by atoms with Gasteiger partial charge in [0.25, 0.3) is 0 Å². The fourth-order valence-corrected chi connectivity index (χ4v) is 2.21. The van der Waals surface area contributed by atoms with E-state index in [4.69, 9.17) is 4.42 Å². The van der Waals surface area contributed by atoms with Gasteiger partial charge in [0.05, 0.1) is 12.8 Å². The Hall–Kier alpha value is -0.800. The molecular formula is C15H26N2O. The number of hydrogen-bond acceptors (Lipinski definition) is 3. The van der Waals surface area contributed by atoms with E-state index in [1.54, 1.807) is 0 Å². The van der Waals surface area contributed by atoms with Gasteiger partial charge in [0.2, 0.25) is 0 Å². The normalized spacial score (nSPS) is 15.8. The minimum Gasteiger partial charge on any atom is -0.468 e. The van der Waals surface area contributed by atoms with Gasteiger partial charge < -0.3 is 9.73 Å². The van der Waals surface area contributed by atoms with E-state index in [0.29, 0.717) is 5.92 Å². The quantitative estimate of drug-likeness (QED) is 0.769. The summed E-state index contributed by atoms with van der Waals surface area (Å²) in [6.07, 6.45) is 4.63. The minimum atomic E-state index is 0.692. The van der Waals surface area contributed by atoms with Crippen LogP contribution in [-0.2, 0) is 13.1 Å². The van der Waals surface area contributed by atoms with Crippen LogP contribution in [0.1, 0.15) is 38.0 Å². The van der Waals surface area contributed by atoms with Crippen molar-refractivity contribution in [2.24, 2.45) is 11.8 Å². The Kier molecular flexibility index (Phi) is 4.84. The van der Waals surface area contributed by atoms with Crippen molar-refractivity contribution < 1.29 is 4.42 Å².